The fourth-order valence-corrected chi connectivity index (χ4v) is 6.17. The van der Waals surface area contributed by atoms with Crippen LogP contribution in [0.15, 0.2) is 0 Å². The van der Waals surface area contributed by atoms with E-state index in [1.165, 1.54) is 32.1 Å². The fraction of sp³-hybridized carbons (Fsp3) is 0.938. The van der Waals surface area contributed by atoms with Gasteiger partial charge in [0.1, 0.15) is 23.9 Å². The lowest BCUT2D eigenvalue weighted by Gasteiger charge is -2.65. The van der Waals surface area contributed by atoms with Crippen LogP contribution in [-0.2, 0) is 4.79 Å². The Bertz CT molecular complexity index is 406. The second kappa shape index (κ2) is 3.62. The minimum absolute atomic E-state index is 0.0140. The second-order valence-corrected chi connectivity index (χ2v) is 8.08. The molecule has 2 unspecified atom stereocenters. The Labute approximate surface area is 116 Å². The highest BCUT2D eigenvalue weighted by atomic mass is 16.1. The normalized spacial score (nSPS) is 50.9. The highest BCUT2D eigenvalue weighted by Gasteiger charge is 2.73. The number of ketones is 1. The molecular formula is C16H28N2O+2. The molecule has 19 heavy (non-hydrogen) atoms. The summed E-state index contributed by atoms with van der Waals surface area (Å²) in [6, 6.07) is 0. The summed E-state index contributed by atoms with van der Waals surface area (Å²) in [5.41, 5.74) is 0.510. The molecule has 0 aromatic carbocycles. The first kappa shape index (κ1) is 12.3. The first-order chi connectivity index (χ1) is 9.05. The van der Waals surface area contributed by atoms with E-state index in [1.807, 2.05) is 0 Å². The van der Waals surface area contributed by atoms with Crippen LogP contribution in [0.25, 0.3) is 0 Å². The lowest BCUT2D eigenvalue weighted by atomic mass is 9.57. The maximum atomic E-state index is 12.9. The number of hydrogen-bond acceptors (Lipinski definition) is 1. The molecule has 0 aromatic rings. The van der Waals surface area contributed by atoms with Crippen molar-refractivity contribution in [1.29, 1.82) is 0 Å². The molecular weight excluding hydrogens is 236 g/mol. The third-order valence-electron chi connectivity index (χ3n) is 7.08. The molecule has 1 saturated carbocycles. The van der Waals surface area contributed by atoms with Crippen molar-refractivity contribution in [2.45, 2.75) is 58.0 Å². The number of carbonyl (C=O) groups is 1. The van der Waals surface area contributed by atoms with Gasteiger partial charge >= 0.3 is 0 Å². The lowest BCUT2D eigenvalue weighted by Crippen LogP contribution is -3.49. The Balaban J connectivity index is 1.76. The van der Waals surface area contributed by atoms with Crippen LogP contribution in [0.3, 0.4) is 0 Å². The van der Waals surface area contributed by atoms with Gasteiger partial charge in [-0.25, -0.2) is 0 Å². The molecule has 0 radical (unpaired) electrons. The fourth-order valence-electron chi connectivity index (χ4n) is 6.17. The summed E-state index contributed by atoms with van der Waals surface area (Å²) in [4.78, 5) is 16.5. The zero-order valence-electron chi connectivity index (χ0n) is 12.5. The summed E-state index contributed by atoms with van der Waals surface area (Å²) in [6.07, 6.45) is 8.12. The van der Waals surface area contributed by atoms with Crippen LogP contribution < -0.4 is 9.80 Å². The molecule has 3 heteroatoms. The highest BCUT2D eigenvalue weighted by molar-refractivity contribution is 5.91. The molecule has 4 bridgehead atoms. The largest absolute Gasteiger partial charge is 0.297 e. The number of quaternary nitrogens is 2. The topological polar surface area (TPSA) is 26.0 Å². The van der Waals surface area contributed by atoms with E-state index < -0.39 is 0 Å². The van der Waals surface area contributed by atoms with Gasteiger partial charge in [-0.15, -0.1) is 0 Å². The zero-order valence-corrected chi connectivity index (χ0v) is 12.5. The van der Waals surface area contributed by atoms with E-state index in [0.29, 0.717) is 11.4 Å². The molecule has 5 aliphatic rings. The Kier molecular flexibility index (Phi) is 2.35. The summed E-state index contributed by atoms with van der Waals surface area (Å²) in [7, 11) is 0. The van der Waals surface area contributed by atoms with Crippen molar-refractivity contribution in [3.05, 3.63) is 0 Å². The van der Waals surface area contributed by atoms with E-state index in [-0.39, 0.29) is 10.8 Å². The Morgan fingerprint density at radius 3 is 2.11 bits per heavy atom. The van der Waals surface area contributed by atoms with Crippen molar-refractivity contribution >= 4 is 5.78 Å². The third kappa shape index (κ3) is 1.33. The van der Waals surface area contributed by atoms with Gasteiger partial charge in [-0.1, -0.05) is 13.3 Å². The molecule has 0 aromatic heterocycles. The van der Waals surface area contributed by atoms with Crippen LogP contribution in [0.1, 0.15) is 52.4 Å². The van der Waals surface area contributed by atoms with E-state index in [4.69, 9.17) is 0 Å². The van der Waals surface area contributed by atoms with Crippen molar-refractivity contribution in [3.63, 3.8) is 0 Å². The molecule has 1 spiro atoms. The quantitative estimate of drug-likeness (QED) is 0.652. The number of carbonyl (C=O) groups excluding carboxylic acids is 1. The number of Topliss-reactive ketones (excluding diaryl/α,β-unsaturated/α-hetero) is 1. The summed E-state index contributed by atoms with van der Waals surface area (Å²) >= 11 is 0. The molecule has 2 atom stereocenters. The summed E-state index contributed by atoms with van der Waals surface area (Å²) < 4.78 is 0. The van der Waals surface area contributed by atoms with E-state index in [2.05, 4.69) is 13.8 Å². The van der Waals surface area contributed by atoms with Gasteiger partial charge in [0, 0.05) is 0 Å². The average Bonchev–Trinajstić information content (AvgIpc) is 2.40. The smallest absolute Gasteiger partial charge is 0.222 e. The molecule has 106 valence electrons. The van der Waals surface area contributed by atoms with Gasteiger partial charge in [0.2, 0.25) is 5.66 Å². The van der Waals surface area contributed by atoms with Gasteiger partial charge in [0.25, 0.3) is 0 Å². The summed E-state index contributed by atoms with van der Waals surface area (Å²) in [6.45, 7) is 9.02. The van der Waals surface area contributed by atoms with Gasteiger partial charge in [-0.3, -0.25) is 14.6 Å². The minimum atomic E-state index is -0.0140. The first-order valence-electron chi connectivity index (χ1n) is 8.30. The maximum absolute atomic E-state index is 12.9. The third-order valence-corrected chi connectivity index (χ3v) is 7.08. The van der Waals surface area contributed by atoms with Crippen LogP contribution in [0.2, 0.25) is 0 Å². The van der Waals surface area contributed by atoms with E-state index in [1.54, 1.807) is 9.80 Å². The molecule has 4 aliphatic heterocycles. The van der Waals surface area contributed by atoms with Crippen LogP contribution in [0.5, 0.6) is 0 Å². The molecule has 4 saturated heterocycles. The maximum Gasteiger partial charge on any atom is 0.222 e. The van der Waals surface area contributed by atoms with Crippen molar-refractivity contribution in [1.82, 2.24) is 0 Å². The van der Waals surface area contributed by atoms with E-state index >= 15 is 0 Å². The van der Waals surface area contributed by atoms with Crippen LogP contribution >= 0.6 is 0 Å². The van der Waals surface area contributed by atoms with Crippen LogP contribution in [0.4, 0.5) is 0 Å². The van der Waals surface area contributed by atoms with Crippen molar-refractivity contribution in [2.24, 2.45) is 10.8 Å². The number of nitrogens with one attached hydrogen (secondary N) is 2. The molecule has 5 fully saturated rings. The predicted octanol–water partition coefficient (Wildman–Crippen LogP) is -0.571. The Hall–Kier alpha value is -0.410. The van der Waals surface area contributed by atoms with Crippen molar-refractivity contribution in [3.8, 4) is 0 Å². The van der Waals surface area contributed by atoms with Gasteiger partial charge < -0.3 is 0 Å². The Morgan fingerprint density at radius 2 is 1.58 bits per heavy atom. The molecule has 5 rings (SSSR count). The SMILES string of the molecule is CCC12C[NH+]3CC(C)(C[NH+](C1)C31CCCCC1)C2=O. The minimum Gasteiger partial charge on any atom is -0.297 e. The molecule has 0 amide bonds. The number of piperidine rings is 2. The Morgan fingerprint density at radius 1 is 1.00 bits per heavy atom. The molecule has 2 N–H and O–H groups in total. The molecule has 3 nitrogen and oxygen atoms in total. The van der Waals surface area contributed by atoms with Gasteiger partial charge in [0.15, 0.2) is 5.78 Å². The van der Waals surface area contributed by atoms with Gasteiger partial charge in [0.05, 0.1) is 25.9 Å². The summed E-state index contributed by atoms with van der Waals surface area (Å²) in [5, 5.41) is 0. The number of rotatable bonds is 1. The number of hydrogen-bond donors (Lipinski definition) is 2. The van der Waals surface area contributed by atoms with Crippen LogP contribution in [-0.4, -0.2) is 37.6 Å². The first-order valence-corrected chi connectivity index (χ1v) is 8.30. The summed E-state index contributed by atoms with van der Waals surface area (Å²) in [5.74, 6) is 0.612. The van der Waals surface area contributed by atoms with Crippen molar-refractivity contribution < 1.29 is 14.6 Å². The molecule has 1 aliphatic carbocycles. The van der Waals surface area contributed by atoms with E-state index in [0.717, 1.165) is 32.6 Å². The standard InChI is InChI=1S/C16H26N2O/c1-3-15-11-17-9-14(2,13(15)19)10-18(12-15)16(17)7-5-4-6-8-16/h3-12H2,1-2H3/p+2. The highest BCUT2D eigenvalue weighted by Crippen LogP contribution is 2.40. The molecule has 4 heterocycles. The van der Waals surface area contributed by atoms with Crippen LogP contribution in [0, 0.1) is 10.8 Å². The van der Waals surface area contributed by atoms with E-state index in [9.17, 15) is 4.79 Å². The monoisotopic (exact) mass is 264 g/mol. The van der Waals surface area contributed by atoms with Crippen molar-refractivity contribution in [2.75, 3.05) is 26.2 Å². The van der Waals surface area contributed by atoms with Gasteiger partial charge in [-0.2, -0.15) is 0 Å². The lowest BCUT2D eigenvalue weighted by molar-refractivity contribution is -1.20. The zero-order chi connectivity index (χ0) is 13.3. The average molecular weight is 264 g/mol. The van der Waals surface area contributed by atoms with Gasteiger partial charge in [-0.05, 0) is 26.2 Å². The second-order valence-electron chi connectivity index (χ2n) is 8.08. The predicted molar refractivity (Wildman–Crippen MR) is 73.0 cm³/mol.